The summed E-state index contributed by atoms with van der Waals surface area (Å²) in [5, 5.41) is 0. The van der Waals surface area contributed by atoms with Crippen LogP contribution in [0.5, 0.6) is 0 Å². The zero-order valence-electron chi connectivity index (χ0n) is 11.9. The number of ether oxygens (including phenoxy) is 1. The normalized spacial score (nSPS) is 53.4. The van der Waals surface area contributed by atoms with Crippen molar-refractivity contribution in [2.24, 2.45) is 16.7 Å². The summed E-state index contributed by atoms with van der Waals surface area (Å²) in [6, 6.07) is 0.202. The van der Waals surface area contributed by atoms with Crippen molar-refractivity contribution in [2.45, 2.75) is 64.8 Å². The molecule has 4 aliphatic rings. The molecule has 4 nitrogen and oxygen atoms in total. The topological polar surface area (TPSA) is 49.9 Å². The molecule has 4 fully saturated rings. The van der Waals surface area contributed by atoms with E-state index in [1.165, 1.54) is 6.42 Å². The predicted octanol–water partition coefficient (Wildman–Crippen LogP) is 1.96. The first kappa shape index (κ1) is 12.6. The Labute approximate surface area is 115 Å². The molecule has 2 aliphatic carbocycles. The highest BCUT2D eigenvalue weighted by Crippen LogP contribution is 2.70. The van der Waals surface area contributed by atoms with Crippen molar-refractivity contribution < 1.29 is 13.2 Å². The van der Waals surface area contributed by atoms with Gasteiger partial charge in [-0.25, -0.2) is 8.42 Å². The van der Waals surface area contributed by atoms with Crippen LogP contribution in [-0.4, -0.2) is 36.8 Å². The molecular weight excluding hydrogens is 262 g/mol. The van der Waals surface area contributed by atoms with Gasteiger partial charge in [0.1, 0.15) is 6.10 Å². The van der Waals surface area contributed by atoms with Crippen LogP contribution in [0.15, 0.2) is 0 Å². The average molecular weight is 285 g/mol. The molecule has 2 aliphatic heterocycles. The van der Waals surface area contributed by atoms with Gasteiger partial charge in [-0.15, -0.1) is 0 Å². The lowest BCUT2D eigenvalue weighted by molar-refractivity contribution is 0.0968. The molecule has 5 unspecified atom stereocenters. The van der Waals surface area contributed by atoms with Crippen LogP contribution < -0.4 is 0 Å². The zero-order chi connectivity index (χ0) is 13.6. The lowest BCUT2D eigenvalue weighted by Crippen LogP contribution is -2.43. The molecule has 5 heteroatoms. The van der Waals surface area contributed by atoms with E-state index in [0.29, 0.717) is 11.7 Å². The zero-order valence-corrected chi connectivity index (χ0v) is 12.7. The van der Waals surface area contributed by atoms with Crippen molar-refractivity contribution in [3.63, 3.8) is 0 Å². The summed E-state index contributed by atoms with van der Waals surface area (Å²) >= 11 is 0. The van der Waals surface area contributed by atoms with E-state index < -0.39 is 10.0 Å². The molecule has 2 saturated heterocycles. The Balaban J connectivity index is 1.76. The van der Waals surface area contributed by atoms with Crippen LogP contribution in [0.25, 0.3) is 0 Å². The third kappa shape index (κ3) is 1.30. The molecule has 0 amide bonds. The van der Waals surface area contributed by atoms with Crippen molar-refractivity contribution in [1.82, 2.24) is 4.31 Å². The van der Waals surface area contributed by atoms with E-state index in [0.717, 1.165) is 19.3 Å². The Hall–Kier alpha value is -0.130. The molecule has 2 heterocycles. The SMILES string of the molecule is CCC1OC1N1C2CC3CCC2(CS1(=O)=O)C3(C)C. The molecule has 0 aromatic carbocycles. The van der Waals surface area contributed by atoms with E-state index in [-0.39, 0.29) is 29.2 Å². The number of nitrogens with zero attached hydrogens (tertiary/aromatic N) is 1. The van der Waals surface area contributed by atoms with Gasteiger partial charge in [-0.2, -0.15) is 4.31 Å². The fourth-order valence-corrected chi connectivity index (χ4v) is 8.00. The maximum atomic E-state index is 12.6. The van der Waals surface area contributed by atoms with Crippen LogP contribution >= 0.6 is 0 Å². The first-order chi connectivity index (χ1) is 8.83. The van der Waals surface area contributed by atoms with Crippen molar-refractivity contribution in [3.05, 3.63) is 0 Å². The first-order valence-corrected chi connectivity index (χ1v) is 9.11. The quantitative estimate of drug-likeness (QED) is 0.729. The summed E-state index contributed by atoms with van der Waals surface area (Å²) in [5.74, 6) is 1.04. The second kappa shape index (κ2) is 3.37. The Bertz CT molecular complexity index is 529. The number of sulfonamides is 1. The number of hydrogen-bond acceptors (Lipinski definition) is 3. The number of epoxide rings is 1. The molecule has 2 bridgehead atoms. The van der Waals surface area contributed by atoms with Gasteiger partial charge in [0.15, 0.2) is 6.23 Å². The molecule has 19 heavy (non-hydrogen) atoms. The minimum Gasteiger partial charge on any atom is -0.352 e. The summed E-state index contributed by atoms with van der Waals surface area (Å²) in [5.41, 5.74) is 0.150. The molecule has 0 aromatic rings. The molecule has 2 saturated carbocycles. The lowest BCUT2D eigenvalue weighted by atomic mass is 9.69. The van der Waals surface area contributed by atoms with Crippen LogP contribution in [0.1, 0.15) is 46.5 Å². The van der Waals surface area contributed by atoms with Crippen molar-refractivity contribution >= 4 is 10.0 Å². The van der Waals surface area contributed by atoms with Gasteiger partial charge in [0.25, 0.3) is 0 Å². The fraction of sp³-hybridized carbons (Fsp3) is 1.00. The minimum atomic E-state index is -3.13. The highest BCUT2D eigenvalue weighted by Gasteiger charge is 2.73. The Morgan fingerprint density at radius 2 is 2.11 bits per heavy atom. The van der Waals surface area contributed by atoms with E-state index >= 15 is 0 Å². The number of fused-ring (bicyclic) bond motifs is 1. The molecule has 0 N–H and O–H groups in total. The maximum Gasteiger partial charge on any atom is 0.217 e. The second-order valence-corrected chi connectivity index (χ2v) is 9.30. The van der Waals surface area contributed by atoms with Gasteiger partial charge in [0, 0.05) is 11.5 Å². The Morgan fingerprint density at radius 3 is 2.68 bits per heavy atom. The number of rotatable bonds is 2. The molecule has 0 radical (unpaired) electrons. The van der Waals surface area contributed by atoms with E-state index in [9.17, 15) is 8.42 Å². The Morgan fingerprint density at radius 1 is 1.37 bits per heavy atom. The standard InChI is InChI=1S/C14H23NO3S/c1-4-10-12(18-10)15-11-7-9-5-6-14(11,13(9,2)3)8-19(15,16)17/h9-12H,4-8H2,1-3H3. The molecule has 1 spiro atoms. The molecule has 4 rings (SSSR count). The van der Waals surface area contributed by atoms with E-state index in [4.69, 9.17) is 4.74 Å². The molecular formula is C14H23NO3S. The maximum absolute atomic E-state index is 12.6. The number of hydrogen-bond donors (Lipinski definition) is 0. The summed E-state index contributed by atoms with van der Waals surface area (Å²) in [6.45, 7) is 6.64. The highest BCUT2D eigenvalue weighted by atomic mass is 32.2. The monoisotopic (exact) mass is 285 g/mol. The Kier molecular flexibility index (Phi) is 2.23. The van der Waals surface area contributed by atoms with Crippen LogP contribution in [0.4, 0.5) is 0 Å². The van der Waals surface area contributed by atoms with Gasteiger partial charge in [-0.05, 0) is 37.0 Å². The third-order valence-electron chi connectivity index (χ3n) is 6.67. The van der Waals surface area contributed by atoms with Crippen molar-refractivity contribution in [2.75, 3.05) is 5.75 Å². The molecule has 108 valence electrons. The van der Waals surface area contributed by atoms with E-state index in [1.54, 1.807) is 4.31 Å². The van der Waals surface area contributed by atoms with Crippen LogP contribution in [-0.2, 0) is 14.8 Å². The van der Waals surface area contributed by atoms with E-state index in [2.05, 4.69) is 20.8 Å². The van der Waals surface area contributed by atoms with E-state index in [1.807, 2.05) is 0 Å². The second-order valence-electron chi connectivity index (χ2n) is 7.42. The lowest BCUT2D eigenvalue weighted by Gasteiger charge is -2.37. The fourth-order valence-electron chi connectivity index (χ4n) is 5.31. The van der Waals surface area contributed by atoms with Crippen LogP contribution in [0.3, 0.4) is 0 Å². The van der Waals surface area contributed by atoms with Crippen molar-refractivity contribution in [1.29, 1.82) is 0 Å². The summed E-state index contributed by atoms with van der Waals surface area (Å²) in [7, 11) is -3.13. The third-order valence-corrected chi connectivity index (χ3v) is 8.65. The smallest absolute Gasteiger partial charge is 0.217 e. The van der Waals surface area contributed by atoms with Crippen LogP contribution in [0, 0.1) is 16.7 Å². The van der Waals surface area contributed by atoms with Gasteiger partial charge >= 0.3 is 0 Å². The highest BCUT2D eigenvalue weighted by molar-refractivity contribution is 7.89. The minimum absolute atomic E-state index is 0.0132. The summed E-state index contributed by atoms with van der Waals surface area (Å²) in [6.07, 6.45) is 4.21. The largest absolute Gasteiger partial charge is 0.352 e. The van der Waals surface area contributed by atoms with Gasteiger partial charge in [-0.3, -0.25) is 0 Å². The average Bonchev–Trinajstić information content (AvgIpc) is 2.93. The van der Waals surface area contributed by atoms with Gasteiger partial charge < -0.3 is 4.74 Å². The van der Waals surface area contributed by atoms with Gasteiger partial charge in [0.05, 0.1) is 5.75 Å². The van der Waals surface area contributed by atoms with Gasteiger partial charge in [-0.1, -0.05) is 20.8 Å². The predicted molar refractivity (Wildman–Crippen MR) is 71.9 cm³/mol. The van der Waals surface area contributed by atoms with Gasteiger partial charge in [0.2, 0.25) is 10.0 Å². The summed E-state index contributed by atoms with van der Waals surface area (Å²) < 4.78 is 32.6. The molecule has 5 atom stereocenters. The summed E-state index contributed by atoms with van der Waals surface area (Å²) in [4.78, 5) is 0. The van der Waals surface area contributed by atoms with Crippen LogP contribution in [0.2, 0.25) is 0 Å². The molecule has 0 aromatic heterocycles. The first-order valence-electron chi connectivity index (χ1n) is 7.50. The van der Waals surface area contributed by atoms with Crippen molar-refractivity contribution in [3.8, 4) is 0 Å².